The molecule has 1 fully saturated rings. The van der Waals surface area contributed by atoms with E-state index in [4.69, 9.17) is 0 Å². The summed E-state index contributed by atoms with van der Waals surface area (Å²) in [5.41, 5.74) is 0.496. The maximum absolute atomic E-state index is 3.39. The first-order chi connectivity index (χ1) is 8.19. The molecule has 102 valence electrons. The zero-order chi connectivity index (χ0) is 12.7. The quantitative estimate of drug-likeness (QED) is 0.701. The van der Waals surface area contributed by atoms with Gasteiger partial charge in [0, 0.05) is 19.6 Å². The van der Waals surface area contributed by atoms with E-state index in [0.29, 0.717) is 5.41 Å². The Hall–Kier alpha value is -0.0800. The lowest BCUT2D eigenvalue weighted by atomic mass is 9.81. The van der Waals surface area contributed by atoms with Gasteiger partial charge in [0.05, 0.1) is 0 Å². The molecule has 1 aliphatic heterocycles. The minimum Gasteiger partial charge on any atom is -0.319 e. The minimum atomic E-state index is 0.496. The van der Waals surface area contributed by atoms with Crippen molar-refractivity contribution < 1.29 is 0 Å². The maximum Gasteiger partial charge on any atom is 0.00500 e. The summed E-state index contributed by atoms with van der Waals surface area (Å²) in [7, 11) is 2.09. The predicted octanol–water partition coefficient (Wildman–Crippen LogP) is 3.13. The van der Waals surface area contributed by atoms with E-state index in [1.807, 2.05) is 0 Å². The molecular formula is C15H32N2. The minimum absolute atomic E-state index is 0.496. The van der Waals surface area contributed by atoms with Crippen LogP contribution in [-0.4, -0.2) is 38.1 Å². The van der Waals surface area contributed by atoms with Crippen molar-refractivity contribution in [1.29, 1.82) is 0 Å². The van der Waals surface area contributed by atoms with Crippen molar-refractivity contribution in [2.24, 2.45) is 11.3 Å². The molecule has 2 nitrogen and oxygen atoms in total. The van der Waals surface area contributed by atoms with E-state index in [1.54, 1.807) is 0 Å². The van der Waals surface area contributed by atoms with Crippen LogP contribution < -0.4 is 5.32 Å². The van der Waals surface area contributed by atoms with Gasteiger partial charge in [-0.15, -0.1) is 0 Å². The van der Waals surface area contributed by atoms with E-state index in [9.17, 15) is 0 Å². The average Bonchev–Trinajstić information content (AvgIpc) is 2.76. The highest BCUT2D eigenvalue weighted by Crippen LogP contribution is 2.30. The highest BCUT2D eigenvalue weighted by molar-refractivity contribution is 4.86. The molecule has 0 aromatic heterocycles. The molecular weight excluding hydrogens is 208 g/mol. The molecule has 1 N–H and O–H groups in total. The topological polar surface area (TPSA) is 15.3 Å². The first-order valence-electron chi connectivity index (χ1n) is 7.56. The molecule has 0 saturated carbocycles. The van der Waals surface area contributed by atoms with Crippen LogP contribution >= 0.6 is 0 Å². The zero-order valence-electron chi connectivity index (χ0n) is 12.4. The normalized spacial score (nSPS) is 22.2. The molecule has 0 spiro atoms. The molecule has 1 unspecified atom stereocenters. The Morgan fingerprint density at radius 2 is 1.94 bits per heavy atom. The Labute approximate surface area is 108 Å². The Morgan fingerprint density at radius 1 is 1.24 bits per heavy atom. The largest absolute Gasteiger partial charge is 0.319 e. The van der Waals surface area contributed by atoms with E-state index < -0.39 is 0 Å². The lowest BCUT2D eigenvalue weighted by Gasteiger charge is -2.35. The fraction of sp³-hybridized carbons (Fsp3) is 1.00. The summed E-state index contributed by atoms with van der Waals surface area (Å²) < 4.78 is 0. The Morgan fingerprint density at radius 3 is 2.47 bits per heavy atom. The highest BCUT2D eigenvalue weighted by Gasteiger charge is 2.31. The molecule has 1 aliphatic rings. The van der Waals surface area contributed by atoms with Crippen LogP contribution in [0.3, 0.4) is 0 Å². The first-order valence-corrected chi connectivity index (χ1v) is 7.56. The van der Waals surface area contributed by atoms with Crippen molar-refractivity contribution in [3.8, 4) is 0 Å². The summed E-state index contributed by atoms with van der Waals surface area (Å²) in [5, 5.41) is 3.39. The Kier molecular flexibility index (Phi) is 6.50. The van der Waals surface area contributed by atoms with Crippen LogP contribution in [0.25, 0.3) is 0 Å². The number of rotatable bonds is 8. The number of hydrogen-bond acceptors (Lipinski definition) is 2. The fourth-order valence-electron chi connectivity index (χ4n) is 3.33. The van der Waals surface area contributed by atoms with Gasteiger partial charge in [-0.3, -0.25) is 0 Å². The number of nitrogens with zero attached hydrogens (tertiary/aromatic N) is 1. The summed E-state index contributed by atoms with van der Waals surface area (Å²) >= 11 is 0. The second-order valence-corrected chi connectivity index (χ2v) is 5.92. The van der Waals surface area contributed by atoms with Gasteiger partial charge in [-0.05, 0) is 50.6 Å². The standard InChI is InChI=1S/C15H32N2/c1-5-8-14-9-10-17(11-14)13-15(6-2,7-3)12-16-4/h14,16H,5-13H2,1-4H3. The first kappa shape index (κ1) is 15.0. The lowest BCUT2D eigenvalue weighted by molar-refractivity contribution is 0.153. The van der Waals surface area contributed by atoms with Gasteiger partial charge >= 0.3 is 0 Å². The van der Waals surface area contributed by atoms with Crippen molar-refractivity contribution in [3.63, 3.8) is 0 Å². The van der Waals surface area contributed by atoms with Gasteiger partial charge in [-0.1, -0.05) is 27.2 Å². The maximum atomic E-state index is 3.39. The monoisotopic (exact) mass is 240 g/mol. The molecule has 1 atom stereocenters. The summed E-state index contributed by atoms with van der Waals surface area (Å²) in [6, 6.07) is 0. The molecule has 1 heterocycles. The Balaban J connectivity index is 2.45. The fourth-order valence-corrected chi connectivity index (χ4v) is 3.33. The molecule has 2 heteroatoms. The molecule has 0 aliphatic carbocycles. The van der Waals surface area contributed by atoms with Crippen molar-refractivity contribution in [3.05, 3.63) is 0 Å². The summed E-state index contributed by atoms with van der Waals surface area (Å²) in [6.07, 6.45) is 6.78. The lowest BCUT2D eigenvalue weighted by Crippen LogP contribution is -2.42. The molecule has 1 saturated heterocycles. The van der Waals surface area contributed by atoms with Gasteiger partial charge in [0.2, 0.25) is 0 Å². The van der Waals surface area contributed by atoms with E-state index in [2.05, 4.69) is 38.0 Å². The van der Waals surface area contributed by atoms with E-state index in [-0.39, 0.29) is 0 Å². The molecule has 1 rings (SSSR count). The van der Waals surface area contributed by atoms with Crippen molar-refractivity contribution in [1.82, 2.24) is 10.2 Å². The van der Waals surface area contributed by atoms with E-state index in [0.717, 1.165) is 12.5 Å². The molecule has 0 amide bonds. The molecule has 17 heavy (non-hydrogen) atoms. The van der Waals surface area contributed by atoms with Gasteiger partial charge in [-0.2, -0.15) is 0 Å². The number of likely N-dealkylation sites (tertiary alicyclic amines) is 1. The van der Waals surface area contributed by atoms with Crippen LogP contribution in [0.5, 0.6) is 0 Å². The Bertz CT molecular complexity index is 199. The van der Waals surface area contributed by atoms with Gasteiger partial charge in [0.25, 0.3) is 0 Å². The smallest absolute Gasteiger partial charge is 0.00500 e. The van der Waals surface area contributed by atoms with Gasteiger partial charge in [0.15, 0.2) is 0 Å². The second-order valence-electron chi connectivity index (χ2n) is 5.92. The van der Waals surface area contributed by atoms with Crippen LogP contribution in [0.2, 0.25) is 0 Å². The van der Waals surface area contributed by atoms with Crippen LogP contribution in [0.15, 0.2) is 0 Å². The highest BCUT2D eigenvalue weighted by atomic mass is 15.2. The van der Waals surface area contributed by atoms with Crippen LogP contribution in [-0.2, 0) is 0 Å². The SMILES string of the molecule is CCCC1CCN(CC(CC)(CC)CNC)C1. The third-order valence-electron chi connectivity index (χ3n) is 4.68. The second kappa shape index (κ2) is 7.38. The van der Waals surface area contributed by atoms with Crippen molar-refractivity contribution in [2.75, 3.05) is 33.2 Å². The van der Waals surface area contributed by atoms with Gasteiger partial charge < -0.3 is 10.2 Å². The number of nitrogens with one attached hydrogen (secondary N) is 1. The molecule has 0 aromatic rings. The summed E-state index contributed by atoms with van der Waals surface area (Å²) in [5.74, 6) is 0.973. The van der Waals surface area contributed by atoms with Crippen LogP contribution in [0, 0.1) is 11.3 Å². The van der Waals surface area contributed by atoms with E-state index in [1.165, 1.54) is 51.7 Å². The zero-order valence-corrected chi connectivity index (χ0v) is 12.4. The average molecular weight is 240 g/mol. The van der Waals surface area contributed by atoms with Crippen molar-refractivity contribution >= 4 is 0 Å². The third kappa shape index (κ3) is 4.26. The van der Waals surface area contributed by atoms with Crippen LogP contribution in [0.4, 0.5) is 0 Å². The number of hydrogen-bond donors (Lipinski definition) is 1. The molecule has 0 aromatic carbocycles. The summed E-state index contributed by atoms with van der Waals surface area (Å²) in [4.78, 5) is 2.71. The molecule has 0 radical (unpaired) electrons. The van der Waals surface area contributed by atoms with E-state index >= 15 is 0 Å². The summed E-state index contributed by atoms with van der Waals surface area (Å²) in [6.45, 7) is 12.1. The van der Waals surface area contributed by atoms with Gasteiger partial charge in [-0.25, -0.2) is 0 Å². The van der Waals surface area contributed by atoms with Gasteiger partial charge in [0.1, 0.15) is 0 Å². The predicted molar refractivity (Wildman–Crippen MR) is 76.4 cm³/mol. The molecule has 0 bridgehead atoms. The van der Waals surface area contributed by atoms with Crippen molar-refractivity contribution in [2.45, 2.75) is 52.9 Å². The van der Waals surface area contributed by atoms with Crippen LogP contribution in [0.1, 0.15) is 52.9 Å². The third-order valence-corrected chi connectivity index (χ3v) is 4.68.